The number of rotatable bonds is 7. The zero-order valence-corrected chi connectivity index (χ0v) is 16.0. The number of halogens is 2. The highest BCUT2D eigenvalue weighted by molar-refractivity contribution is 6.31. The van der Waals surface area contributed by atoms with Crippen LogP contribution in [0.25, 0.3) is 0 Å². The van der Waals surface area contributed by atoms with Gasteiger partial charge in [0, 0.05) is 11.4 Å². The van der Waals surface area contributed by atoms with Crippen molar-refractivity contribution < 1.29 is 9.53 Å². The number of anilines is 1. The Labute approximate surface area is 156 Å². The van der Waals surface area contributed by atoms with Gasteiger partial charge in [0.1, 0.15) is 5.75 Å². The average Bonchev–Trinajstić information content (AvgIpc) is 2.55. The Kier molecular flexibility index (Phi) is 9.49. The van der Waals surface area contributed by atoms with Gasteiger partial charge in [-0.1, -0.05) is 25.4 Å². The molecule has 6 heteroatoms. The van der Waals surface area contributed by atoms with Gasteiger partial charge in [-0.05, 0) is 62.4 Å². The standard InChI is InChI=1S/C18H27ClN2O2.ClH/c1-3-10-23-17-5-4-15(19)12-16(17)21-18(22)11-13(2)14-6-8-20-9-7-14;/h4-5,12-14,20H,3,6-11H2,1-2H3,(H,21,22);1H. The lowest BCUT2D eigenvalue weighted by atomic mass is 9.84. The van der Waals surface area contributed by atoms with Crippen LogP contribution in [0.1, 0.15) is 39.5 Å². The minimum absolute atomic E-state index is 0. The maximum Gasteiger partial charge on any atom is 0.224 e. The minimum atomic E-state index is 0. The predicted octanol–water partition coefficient (Wildman–Crippen LogP) is 4.51. The van der Waals surface area contributed by atoms with Crippen molar-refractivity contribution in [2.45, 2.75) is 39.5 Å². The topological polar surface area (TPSA) is 50.4 Å². The molecule has 0 radical (unpaired) electrons. The number of carbonyl (C=O) groups is 1. The summed E-state index contributed by atoms with van der Waals surface area (Å²) in [5.41, 5.74) is 0.661. The second-order valence-corrected chi connectivity index (χ2v) is 6.74. The monoisotopic (exact) mass is 374 g/mol. The van der Waals surface area contributed by atoms with E-state index >= 15 is 0 Å². The van der Waals surface area contributed by atoms with Gasteiger partial charge in [-0.3, -0.25) is 4.79 Å². The summed E-state index contributed by atoms with van der Waals surface area (Å²) in [6.45, 7) is 6.95. The summed E-state index contributed by atoms with van der Waals surface area (Å²) >= 11 is 6.05. The molecule has 2 rings (SSSR count). The molecule has 1 saturated heterocycles. The number of hydrogen-bond acceptors (Lipinski definition) is 3. The van der Waals surface area contributed by atoms with Crippen LogP contribution in [0.2, 0.25) is 5.02 Å². The van der Waals surface area contributed by atoms with Gasteiger partial charge in [0.05, 0.1) is 12.3 Å². The van der Waals surface area contributed by atoms with Gasteiger partial charge in [0.15, 0.2) is 0 Å². The number of ether oxygens (including phenoxy) is 1. The van der Waals surface area contributed by atoms with Crippen LogP contribution in [0.15, 0.2) is 18.2 Å². The molecule has 0 saturated carbocycles. The van der Waals surface area contributed by atoms with E-state index in [0.29, 0.717) is 41.3 Å². The van der Waals surface area contributed by atoms with Crippen LogP contribution in [0, 0.1) is 11.8 Å². The molecule has 1 aliphatic rings. The Morgan fingerprint density at radius 1 is 1.42 bits per heavy atom. The van der Waals surface area contributed by atoms with Crippen LogP contribution in [-0.4, -0.2) is 25.6 Å². The van der Waals surface area contributed by atoms with Crippen molar-refractivity contribution in [1.29, 1.82) is 0 Å². The van der Waals surface area contributed by atoms with Gasteiger partial charge in [0.25, 0.3) is 0 Å². The minimum Gasteiger partial charge on any atom is -0.491 e. The third-order valence-electron chi connectivity index (χ3n) is 4.37. The molecular weight excluding hydrogens is 347 g/mol. The van der Waals surface area contributed by atoms with Gasteiger partial charge in [-0.25, -0.2) is 0 Å². The smallest absolute Gasteiger partial charge is 0.224 e. The second kappa shape index (κ2) is 10.8. The van der Waals surface area contributed by atoms with Crippen LogP contribution < -0.4 is 15.4 Å². The molecule has 1 unspecified atom stereocenters. The molecule has 1 atom stereocenters. The Hall–Kier alpha value is -0.970. The van der Waals surface area contributed by atoms with Crippen molar-refractivity contribution in [1.82, 2.24) is 5.32 Å². The highest BCUT2D eigenvalue weighted by Gasteiger charge is 2.22. The summed E-state index contributed by atoms with van der Waals surface area (Å²) < 4.78 is 5.68. The third-order valence-corrected chi connectivity index (χ3v) is 4.61. The molecule has 0 spiro atoms. The van der Waals surface area contributed by atoms with Crippen LogP contribution >= 0.6 is 24.0 Å². The Balaban J connectivity index is 0.00000288. The first-order valence-electron chi connectivity index (χ1n) is 8.53. The van der Waals surface area contributed by atoms with Crippen LogP contribution in [0.5, 0.6) is 5.75 Å². The maximum absolute atomic E-state index is 12.4. The highest BCUT2D eigenvalue weighted by Crippen LogP contribution is 2.30. The molecule has 0 bridgehead atoms. The summed E-state index contributed by atoms with van der Waals surface area (Å²) in [5.74, 6) is 1.72. The Bertz CT molecular complexity index is 520. The molecule has 0 aliphatic carbocycles. The number of carbonyl (C=O) groups excluding carboxylic acids is 1. The van der Waals surface area contributed by atoms with Crippen molar-refractivity contribution in [3.63, 3.8) is 0 Å². The third kappa shape index (κ3) is 6.50. The molecule has 1 heterocycles. The largest absolute Gasteiger partial charge is 0.491 e. The van der Waals surface area contributed by atoms with Crippen molar-refractivity contribution in [2.75, 3.05) is 25.0 Å². The van der Waals surface area contributed by atoms with Crippen LogP contribution in [-0.2, 0) is 4.79 Å². The summed E-state index contributed by atoms with van der Waals surface area (Å²) in [7, 11) is 0. The lowest BCUT2D eigenvalue weighted by Gasteiger charge is -2.28. The van der Waals surface area contributed by atoms with Gasteiger partial charge >= 0.3 is 0 Å². The molecule has 0 aromatic heterocycles. The zero-order chi connectivity index (χ0) is 16.7. The zero-order valence-electron chi connectivity index (χ0n) is 14.4. The molecule has 1 fully saturated rings. The first-order valence-corrected chi connectivity index (χ1v) is 8.91. The number of hydrogen-bond donors (Lipinski definition) is 2. The maximum atomic E-state index is 12.4. The van der Waals surface area contributed by atoms with E-state index in [9.17, 15) is 4.79 Å². The van der Waals surface area contributed by atoms with Gasteiger partial charge in [-0.2, -0.15) is 0 Å². The molecule has 1 aromatic rings. The fourth-order valence-electron chi connectivity index (χ4n) is 3.01. The van der Waals surface area contributed by atoms with Crippen molar-refractivity contribution in [2.24, 2.45) is 11.8 Å². The Morgan fingerprint density at radius 2 is 2.12 bits per heavy atom. The first kappa shape index (κ1) is 21.1. The number of nitrogens with one attached hydrogen (secondary N) is 2. The first-order chi connectivity index (χ1) is 11.1. The van der Waals surface area contributed by atoms with Gasteiger partial charge < -0.3 is 15.4 Å². The van der Waals surface area contributed by atoms with E-state index in [-0.39, 0.29) is 18.3 Å². The SMILES string of the molecule is CCCOc1ccc(Cl)cc1NC(=O)CC(C)C1CCNCC1.Cl. The molecule has 2 N–H and O–H groups in total. The lowest BCUT2D eigenvalue weighted by Crippen LogP contribution is -2.32. The summed E-state index contributed by atoms with van der Waals surface area (Å²) in [6.07, 6.45) is 3.75. The summed E-state index contributed by atoms with van der Waals surface area (Å²) in [6, 6.07) is 5.34. The molecule has 1 aliphatic heterocycles. The fraction of sp³-hybridized carbons (Fsp3) is 0.611. The van der Waals surface area contributed by atoms with E-state index < -0.39 is 0 Å². The number of benzene rings is 1. The molecule has 1 amide bonds. The predicted molar refractivity (Wildman–Crippen MR) is 102 cm³/mol. The van der Waals surface area contributed by atoms with Gasteiger partial charge in [0.2, 0.25) is 5.91 Å². The van der Waals surface area contributed by atoms with E-state index in [4.69, 9.17) is 16.3 Å². The van der Waals surface area contributed by atoms with Crippen molar-refractivity contribution in [3.8, 4) is 5.75 Å². The lowest BCUT2D eigenvalue weighted by molar-refractivity contribution is -0.117. The van der Waals surface area contributed by atoms with E-state index in [0.717, 1.165) is 32.4 Å². The fourth-order valence-corrected chi connectivity index (χ4v) is 3.18. The van der Waals surface area contributed by atoms with Crippen LogP contribution in [0.4, 0.5) is 5.69 Å². The molecule has 4 nitrogen and oxygen atoms in total. The molecule has 24 heavy (non-hydrogen) atoms. The van der Waals surface area contributed by atoms with E-state index in [1.807, 2.05) is 6.07 Å². The quantitative estimate of drug-likeness (QED) is 0.737. The number of piperidine rings is 1. The van der Waals surface area contributed by atoms with Gasteiger partial charge in [-0.15, -0.1) is 12.4 Å². The van der Waals surface area contributed by atoms with Crippen molar-refractivity contribution >= 4 is 35.6 Å². The highest BCUT2D eigenvalue weighted by atomic mass is 35.5. The molecule has 1 aromatic carbocycles. The van der Waals surface area contributed by atoms with E-state index in [2.05, 4.69) is 24.5 Å². The normalized spacial score (nSPS) is 16.1. The van der Waals surface area contributed by atoms with E-state index in [1.54, 1.807) is 12.1 Å². The summed E-state index contributed by atoms with van der Waals surface area (Å²) in [5, 5.41) is 6.92. The second-order valence-electron chi connectivity index (χ2n) is 6.31. The van der Waals surface area contributed by atoms with Crippen molar-refractivity contribution in [3.05, 3.63) is 23.2 Å². The Morgan fingerprint density at radius 3 is 2.79 bits per heavy atom. The number of amides is 1. The molecule has 136 valence electrons. The van der Waals surface area contributed by atoms with Crippen LogP contribution in [0.3, 0.4) is 0 Å². The molecular formula is C18H28Cl2N2O2. The van der Waals surface area contributed by atoms with E-state index in [1.165, 1.54) is 0 Å². The summed E-state index contributed by atoms with van der Waals surface area (Å²) in [4.78, 5) is 12.4. The average molecular weight is 375 g/mol.